The smallest absolute Gasteiger partial charge is 0.343 e. The number of nitrogens with two attached hydrogens (primary N) is 1. The van der Waals surface area contributed by atoms with Crippen molar-refractivity contribution in [1.82, 2.24) is 14.9 Å². The quantitative estimate of drug-likeness (QED) is 0.149. The Labute approximate surface area is 247 Å². The van der Waals surface area contributed by atoms with E-state index < -0.39 is 17.0 Å². The van der Waals surface area contributed by atoms with Crippen LogP contribution in [0.15, 0.2) is 16.9 Å². The lowest BCUT2D eigenvalue weighted by Crippen LogP contribution is -2.44. The van der Waals surface area contributed by atoms with Gasteiger partial charge in [0.2, 0.25) is 5.91 Å². The van der Waals surface area contributed by atoms with Gasteiger partial charge in [-0.05, 0) is 48.9 Å². The maximum absolute atomic E-state index is 15.1. The highest BCUT2D eigenvalue weighted by Crippen LogP contribution is 2.49. The Morgan fingerprint density at radius 1 is 1.23 bits per heavy atom. The first-order chi connectivity index (χ1) is 20.5. The molecule has 2 atom stereocenters. The Bertz CT molecular complexity index is 1740. The summed E-state index contributed by atoms with van der Waals surface area (Å²) < 4.78 is 33.5. The van der Waals surface area contributed by atoms with Gasteiger partial charge in [-0.3, -0.25) is 9.59 Å². The SMILES string of the molecule is CC[C@@]1(O)C(=O)OCc2c1cc1n(c2=O)Cc2c-1nc1cc(F)c(C)c3c1c2[C@@](C)(COCCOCNC(=O)CN)CC3. The number of carbonyl (C=O) groups is 2. The van der Waals surface area contributed by atoms with Crippen molar-refractivity contribution in [1.29, 1.82) is 0 Å². The molecule has 4 N–H and O–H groups in total. The Balaban J connectivity index is 1.42. The van der Waals surface area contributed by atoms with Crippen molar-refractivity contribution in [3.05, 3.63) is 61.7 Å². The monoisotopic (exact) mass is 594 g/mol. The van der Waals surface area contributed by atoms with Crippen LogP contribution < -0.4 is 16.6 Å². The summed E-state index contributed by atoms with van der Waals surface area (Å²) in [5.41, 5.74) is 7.75. The standard InChI is InChI=1S/C31H35FN4O7/c1-4-31(40)20-9-23-27-18(12-36(23)28(38)19(20)13-43-29(31)39)26-25-17(16(2)21(32)10-22(25)35-27)5-6-30(26,3)14-41-7-8-42-15-34-24(37)11-33/h9-10,40H,4-8,11-15,33H2,1-3H3,(H,34,37)/t30-,31+/m1/s1. The minimum Gasteiger partial charge on any atom is -0.458 e. The molecule has 3 aromatic rings. The average Bonchev–Trinajstić information content (AvgIpc) is 3.36. The Kier molecular flexibility index (Phi) is 7.36. The van der Waals surface area contributed by atoms with Crippen molar-refractivity contribution in [2.75, 3.05) is 33.1 Å². The van der Waals surface area contributed by atoms with E-state index in [4.69, 9.17) is 24.9 Å². The highest BCUT2D eigenvalue weighted by Gasteiger charge is 2.46. The van der Waals surface area contributed by atoms with Crippen molar-refractivity contribution in [2.45, 2.75) is 64.2 Å². The maximum Gasteiger partial charge on any atom is 0.343 e. The first-order valence-corrected chi connectivity index (χ1v) is 14.5. The van der Waals surface area contributed by atoms with Gasteiger partial charge >= 0.3 is 5.97 Å². The molecule has 1 aliphatic carbocycles. The zero-order valence-corrected chi connectivity index (χ0v) is 24.5. The number of pyridine rings is 2. The van der Waals surface area contributed by atoms with Gasteiger partial charge in [0, 0.05) is 28.0 Å². The van der Waals surface area contributed by atoms with Crippen LogP contribution in [0.25, 0.3) is 22.3 Å². The number of ether oxygens (including phenoxy) is 3. The fraction of sp³-hybridized carbons (Fsp3) is 0.484. The van der Waals surface area contributed by atoms with Crippen LogP contribution in [-0.2, 0) is 54.4 Å². The number of carbonyl (C=O) groups excluding carboxylic acids is 2. The van der Waals surface area contributed by atoms with Crippen LogP contribution in [0.4, 0.5) is 4.39 Å². The lowest BCUT2D eigenvalue weighted by Gasteiger charge is -2.37. The normalized spacial score (nSPS) is 21.8. The molecule has 4 heterocycles. The molecular formula is C31H35FN4O7. The summed E-state index contributed by atoms with van der Waals surface area (Å²) >= 11 is 0. The number of nitrogens with zero attached hydrogens (tertiary/aromatic N) is 2. The predicted octanol–water partition coefficient (Wildman–Crippen LogP) is 1.80. The lowest BCUT2D eigenvalue weighted by molar-refractivity contribution is -0.172. The van der Waals surface area contributed by atoms with Crippen LogP contribution in [0.5, 0.6) is 0 Å². The van der Waals surface area contributed by atoms with Crippen LogP contribution in [0.2, 0.25) is 0 Å². The van der Waals surface area contributed by atoms with Crippen molar-refractivity contribution < 1.29 is 33.3 Å². The average molecular weight is 595 g/mol. The minimum absolute atomic E-state index is 0.0359. The zero-order chi connectivity index (χ0) is 30.7. The van der Waals surface area contributed by atoms with E-state index in [-0.39, 0.29) is 74.5 Å². The van der Waals surface area contributed by atoms with Crippen LogP contribution in [0.3, 0.4) is 0 Å². The molecular weight excluding hydrogens is 559 g/mol. The molecule has 2 aromatic heterocycles. The van der Waals surface area contributed by atoms with Gasteiger partial charge in [0.15, 0.2) is 5.60 Å². The third-order valence-electron chi connectivity index (χ3n) is 9.18. The second-order valence-electron chi connectivity index (χ2n) is 11.7. The zero-order valence-electron chi connectivity index (χ0n) is 24.5. The number of cyclic esters (lactones) is 1. The summed E-state index contributed by atoms with van der Waals surface area (Å²) in [6, 6.07) is 3.11. The summed E-state index contributed by atoms with van der Waals surface area (Å²) in [5, 5.41) is 14.7. The van der Waals surface area contributed by atoms with Gasteiger partial charge in [-0.25, -0.2) is 14.2 Å². The number of rotatable bonds is 9. The summed E-state index contributed by atoms with van der Waals surface area (Å²) in [6.45, 7) is 6.37. The van der Waals surface area contributed by atoms with Crippen molar-refractivity contribution >= 4 is 22.8 Å². The molecule has 0 saturated carbocycles. The van der Waals surface area contributed by atoms with E-state index in [0.717, 1.165) is 22.1 Å². The number of aliphatic hydroxyl groups is 1. The summed E-state index contributed by atoms with van der Waals surface area (Å²) in [4.78, 5) is 42.6. The van der Waals surface area contributed by atoms with Crippen molar-refractivity contribution in [2.24, 2.45) is 5.73 Å². The van der Waals surface area contributed by atoms with E-state index in [1.165, 1.54) is 6.07 Å². The summed E-state index contributed by atoms with van der Waals surface area (Å²) in [6.07, 6.45) is 1.36. The number of amides is 1. The third-order valence-corrected chi connectivity index (χ3v) is 9.18. The molecule has 12 heteroatoms. The lowest BCUT2D eigenvalue weighted by atomic mass is 9.69. The number of benzene rings is 1. The second kappa shape index (κ2) is 10.8. The molecule has 0 unspecified atom stereocenters. The number of hydrogen-bond acceptors (Lipinski definition) is 9. The molecule has 0 bridgehead atoms. The number of aromatic nitrogens is 2. The fourth-order valence-corrected chi connectivity index (χ4v) is 6.73. The first-order valence-electron chi connectivity index (χ1n) is 14.5. The van der Waals surface area contributed by atoms with Gasteiger partial charge in [-0.1, -0.05) is 13.8 Å². The van der Waals surface area contributed by atoms with E-state index >= 15 is 4.39 Å². The number of aryl methyl sites for hydroxylation is 1. The van der Waals surface area contributed by atoms with Gasteiger partial charge in [0.05, 0.1) is 55.4 Å². The van der Waals surface area contributed by atoms with E-state index in [0.29, 0.717) is 41.9 Å². The van der Waals surface area contributed by atoms with Crippen LogP contribution >= 0.6 is 0 Å². The third kappa shape index (κ3) is 4.55. The van der Waals surface area contributed by atoms with Crippen LogP contribution in [0.1, 0.15) is 60.1 Å². The molecule has 0 fully saturated rings. The highest BCUT2D eigenvalue weighted by atomic mass is 19.1. The Morgan fingerprint density at radius 3 is 2.74 bits per heavy atom. The molecule has 0 spiro atoms. The molecule has 228 valence electrons. The largest absolute Gasteiger partial charge is 0.458 e. The predicted molar refractivity (Wildman–Crippen MR) is 154 cm³/mol. The Hall–Kier alpha value is -3.71. The molecule has 3 aliphatic rings. The number of esters is 1. The van der Waals surface area contributed by atoms with Crippen LogP contribution in [-0.4, -0.2) is 59.6 Å². The fourth-order valence-electron chi connectivity index (χ4n) is 6.73. The van der Waals surface area contributed by atoms with E-state index in [1.807, 2.05) is 0 Å². The van der Waals surface area contributed by atoms with Gasteiger partial charge in [-0.15, -0.1) is 0 Å². The number of fused-ring (bicyclic) bond motifs is 5. The molecule has 0 saturated heterocycles. The van der Waals surface area contributed by atoms with Crippen molar-refractivity contribution in [3.63, 3.8) is 0 Å². The first kappa shape index (κ1) is 29.4. The number of halogens is 1. The van der Waals surface area contributed by atoms with Gasteiger partial charge in [-0.2, -0.15) is 0 Å². The molecule has 1 amide bonds. The van der Waals surface area contributed by atoms with E-state index in [1.54, 1.807) is 24.5 Å². The minimum atomic E-state index is -1.94. The van der Waals surface area contributed by atoms with Gasteiger partial charge < -0.3 is 34.9 Å². The van der Waals surface area contributed by atoms with Crippen molar-refractivity contribution in [3.8, 4) is 11.4 Å². The molecule has 6 rings (SSSR count). The van der Waals surface area contributed by atoms with E-state index in [2.05, 4.69) is 12.2 Å². The maximum atomic E-state index is 15.1. The number of nitrogens with one attached hydrogen (secondary N) is 1. The molecule has 0 radical (unpaired) electrons. The molecule has 2 aliphatic heterocycles. The van der Waals surface area contributed by atoms with E-state index in [9.17, 15) is 19.5 Å². The van der Waals surface area contributed by atoms with Crippen LogP contribution in [0, 0.1) is 12.7 Å². The molecule has 1 aromatic carbocycles. The van der Waals surface area contributed by atoms with Gasteiger partial charge in [0.1, 0.15) is 19.2 Å². The topological polar surface area (TPSA) is 155 Å². The molecule has 11 nitrogen and oxygen atoms in total. The highest BCUT2D eigenvalue weighted by molar-refractivity contribution is 5.94. The van der Waals surface area contributed by atoms with Gasteiger partial charge in [0.25, 0.3) is 5.56 Å². The second-order valence-corrected chi connectivity index (χ2v) is 11.7. The summed E-state index contributed by atoms with van der Waals surface area (Å²) in [7, 11) is 0. The Morgan fingerprint density at radius 2 is 2.00 bits per heavy atom. The molecule has 43 heavy (non-hydrogen) atoms. The number of hydrogen-bond donors (Lipinski definition) is 3. The summed E-state index contributed by atoms with van der Waals surface area (Å²) in [5.74, 6) is -1.44.